The third kappa shape index (κ3) is 4.12. The Hall–Kier alpha value is -2.86. The molecule has 3 fully saturated rings. The number of carbonyl (C=O) groups is 2. The molecule has 3 aliphatic rings. The summed E-state index contributed by atoms with van der Waals surface area (Å²) in [5, 5.41) is 2.67. The van der Waals surface area contributed by atoms with E-state index >= 15 is 0 Å². The maximum atomic E-state index is 13.9. The quantitative estimate of drug-likeness (QED) is 0.651. The van der Waals surface area contributed by atoms with Gasteiger partial charge in [-0.2, -0.15) is 0 Å². The number of urea groups is 1. The molecule has 1 N–H and O–H groups in total. The van der Waals surface area contributed by atoms with Gasteiger partial charge < -0.3 is 10.2 Å². The predicted octanol–water partition coefficient (Wildman–Crippen LogP) is 4.86. The smallest absolute Gasteiger partial charge is 0.325 e. The number of carbonyl (C=O) groups excluding carboxylic acids is 2. The lowest BCUT2D eigenvalue weighted by Gasteiger charge is -2.51. The van der Waals surface area contributed by atoms with E-state index in [1.54, 1.807) is 7.05 Å². The largest absolute Gasteiger partial charge is 0.355 e. The summed E-state index contributed by atoms with van der Waals surface area (Å²) in [7, 11) is 6.02. The Bertz CT molecular complexity index is 1050. The summed E-state index contributed by atoms with van der Waals surface area (Å²) in [6, 6.07) is 18.5. The Balaban J connectivity index is 1.43. The number of nitrogens with zero attached hydrogens (tertiary/aromatic N) is 3. The van der Waals surface area contributed by atoms with E-state index in [-0.39, 0.29) is 23.0 Å². The fraction of sp³-hybridized carbons (Fsp3) is 0.517. The first-order chi connectivity index (χ1) is 16.9. The van der Waals surface area contributed by atoms with Crippen molar-refractivity contribution in [3.63, 3.8) is 0 Å². The minimum absolute atomic E-state index is 0.000277. The molecular weight excluding hydrogens is 436 g/mol. The van der Waals surface area contributed by atoms with Gasteiger partial charge in [-0.15, -0.1) is 0 Å². The Labute approximate surface area is 209 Å². The highest BCUT2D eigenvalue weighted by Gasteiger charge is 2.55. The average Bonchev–Trinajstić information content (AvgIpc) is 3.12. The fourth-order valence-electron chi connectivity index (χ4n) is 6.44. The van der Waals surface area contributed by atoms with Gasteiger partial charge in [-0.05, 0) is 88.4 Å². The van der Waals surface area contributed by atoms with Crippen molar-refractivity contribution in [1.29, 1.82) is 0 Å². The van der Waals surface area contributed by atoms with Gasteiger partial charge in [0.25, 0.3) is 5.91 Å². The molecule has 1 saturated heterocycles. The van der Waals surface area contributed by atoms with Crippen LogP contribution in [0.4, 0.5) is 10.5 Å². The van der Waals surface area contributed by atoms with Crippen molar-refractivity contribution < 1.29 is 9.59 Å². The molecule has 6 heteroatoms. The SMILES string of the molecule is CNC(=O)c1ccc(N2CC3(CCC(c4ccccc4)(N(C)C)CC3)N(CC3CCC3)C2=O)cc1. The molecule has 1 spiro atoms. The van der Waals surface area contributed by atoms with Crippen molar-refractivity contribution in [3.05, 3.63) is 65.7 Å². The van der Waals surface area contributed by atoms with Crippen LogP contribution in [0, 0.1) is 5.92 Å². The molecule has 2 saturated carbocycles. The molecule has 2 aromatic rings. The van der Waals surface area contributed by atoms with E-state index in [2.05, 4.69) is 59.5 Å². The molecule has 3 amide bonds. The number of hydrogen-bond acceptors (Lipinski definition) is 3. The second kappa shape index (κ2) is 9.30. The van der Waals surface area contributed by atoms with E-state index in [9.17, 15) is 9.59 Å². The number of anilines is 1. The average molecular weight is 475 g/mol. The van der Waals surface area contributed by atoms with Gasteiger partial charge in [0.1, 0.15) is 0 Å². The Morgan fingerprint density at radius 1 is 1.00 bits per heavy atom. The van der Waals surface area contributed by atoms with E-state index in [1.165, 1.54) is 24.8 Å². The van der Waals surface area contributed by atoms with Crippen molar-refractivity contribution in [2.24, 2.45) is 5.92 Å². The number of hydrogen-bond donors (Lipinski definition) is 1. The minimum Gasteiger partial charge on any atom is -0.355 e. The zero-order valence-electron chi connectivity index (χ0n) is 21.3. The van der Waals surface area contributed by atoms with Gasteiger partial charge in [0.15, 0.2) is 0 Å². The molecule has 0 bridgehead atoms. The highest BCUT2D eigenvalue weighted by atomic mass is 16.2. The van der Waals surface area contributed by atoms with Crippen LogP contribution in [0.15, 0.2) is 54.6 Å². The lowest BCUT2D eigenvalue weighted by Crippen LogP contribution is -2.56. The van der Waals surface area contributed by atoms with E-state index < -0.39 is 0 Å². The predicted molar refractivity (Wildman–Crippen MR) is 140 cm³/mol. The molecule has 35 heavy (non-hydrogen) atoms. The lowest BCUT2D eigenvalue weighted by atomic mass is 9.68. The summed E-state index contributed by atoms with van der Waals surface area (Å²) >= 11 is 0. The third-order valence-electron chi connectivity index (χ3n) is 9.00. The zero-order valence-corrected chi connectivity index (χ0v) is 21.3. The summed E-state index contributed by atoms with van der Waals surface area (Å²) < 4.78 is 0. The number of nitrogens with one attached hydrogen (secondary N) is 1. The maximum absolute atomic E-state index is 13.9. The molecule has 0 atom stereocenters. The van der Waals surface area contributed by atoms with E-state index in [1.807, 2.05) is 29.2 Å². The number of amides is 3. The molecule has 0 unspecified atom stereocenters. The van der Waals surface area contributed by atoms with Crippen LogP contribution in [-0.2, 0) is 5.54 Å². The Morgan fingerprint density at radius 3 is 2.20 bits per heavy atom. The van der Waals surface area contributed by atoms with Gasteiger partial charge in [0, 0.05) is 30.4 Å². The van der Waals surface area contributed by atoms with E-state index in [4.69, 9.17) is 0 Å². The van der Waals surface area contributed by atoms with Crippen LogP contribution in [0.25, 0.3) is 0 Å². The minimum atomic E-state index is -0.138. The van der Waals surface area contributed by atoms with Gasteiger partial charge in [-0.1, -0.05) is 36.8 Å². The van der Waals surface area contributed by atoms with Crippen molar-refractivity contribution >= 4 is 17.6 Å². The van der Waals surface area contributed by atoms with Crippen molar-refractivity contribution in [1.82, 2.24) is 15.1 Å². The first kappa shape index (κ1) is 23.9. The molecule has 0 radical (unpaired) electrons. The first-order valence-corrected chi connectivity index (χ1v) is 13.0. The topological polar surface area (TPSA) is 55.9 Å². The molecule has 1 aliphatic heterocycles. The molecule has 2 aliphatic carbocycles. The Kier molecular flexibility index (Phi) is 6.34. The normalized spacial score (nSPS) is 26.9. The molecule has 5 rings (SSSR count). The van der Waals surface area contributed by atoms with Gasteiger partial charge in [-0.25, -0.2) is 4.79 Å². The maximum Gasteiger partial charge on any atom is 0.325 e. The molecule has 0 aromatic heterocycles. The van der Waals surface area contributed by atoms with Crippen LogP contribution in [-0.4, -0.2) is 61.5 Å². The van der Waals surface area contributed by atoms with Crippen molar-refractivity contribution in [2.45, 2.75) is 56.0 Å². The van der Waals surface area contributed by atoms with Crippen LogP contribution in [0.3, 0.4) is 0 Å². The fourth-order valence-corrected chi connectivity index (χ4v) is 6.44. The lowest BCUT2D eigenvalue weighted by molar-refractivity contribution is 0.0172. The van der Waals surface area contributed by atoms with Crippen LogP contribution in [0.5, 0.6) is 0 Å². The molecule has 1 heterocycles. The highest BCUT2D eigenvalue weighted by Crippen LogP contribution is 2.50. The second-order valence-corrected chi connectivity index (χ2v) is 10.9. The molecule has 6 nitrogen and oxygen atoms in total. The second-order valence-electron chi connectivity index (χ2n) is 10.9. The summed E-state index contributed by atoms with van der Waals surface area (Å²) in [5.41, 5.74) is 2.72. The summed E-state index contributed by atoms with van der Waals surface area (Å²) in [4.78, 5) is 32.4. The van der Waals surface area contributed by atoms with Crippen molar-refractivity contribution in [2.75, 3.05) is 39.1 Å². The van der Waals surface area contributed by atoms with Gasteiger partial charge in [0.05, 0.1) is 12.1 Å². The monoisotopic (exact) mass is 474 g/mol. The number of rotatable bonds is 6. The summed E-state index contributed by atoms with van der Waals surface area (Å²) in [5.74, 6) is 0.515. The van der Waals surface area contributed by atoms with Gasteiger partial charge in [-0.3, -0.25) is 14.6 Å². The standard InChI is InChI=1S/C29H38N4O2/c1-30-26(34)23-12-14-25(15-13-23)32-21-28(33(27(32)35)20-22-8-7-9-22)16-18-29(19-17-28,31(2)3)24-10-5-4-6-11-24/h4-6,10-15,22H,7-9,16-21H2,1-3H3,(H,30,34). The van der Waals surface area contributed by atoms with E-state index in [0.29, 0.717) is 11.5 Å². The summed E-state index contributed by atoms with van der Waals surface area (Å²) in [6.07, 6.45) is 7.78. The van der Waals surface area contributed by atoms with Crippen LogP contribution in [0.2, 0.25) is 0 Å². The van der Waals surface area contributed by atoms with Crippen LogP contribution in [0.1, 0.15) is 60.9 Å². The van der Waals surface area contributed by atoms with Crippen LogP contribution < -0.4 is 10.2 Å². The van der Waals surface area contributed by atoms with E-state index in [0.717, 1.165) is 44.5 Å². The van der Waals surface area contributed by atoms with Crippen LogP contribution >= 0.6 is 0 Å². The first-order valence-electron chi connectivity index (χ1n) is 13.0. The molecule has 186 valence electrons. The summed E-state index contributed by atoms with van der Waals surface area (Å²) in [6.45, 7) is 1.59. The molecular formula is C29H38N4O2. The molecule has 2 aromatic carbocycles. The Morgan fingerprint density at radius 2 is 1.66 bits per heavy atom. The van der Waals surface area contributed by atoms with Gasteiger partial charge in [0.2, 0.25) is 0 Å². The highest BCUT2D eigenvalue weighted by molar-refractivity contribution is 5.97. The number of benzene rings is 2. The third-order valence-corrected chi connectivity index (χ3v) is 9.00. The zero-order chi connectivity index (χ0) is 24.6. The van der Waals surface area contributed by atoms with Crippen molar-refractivity contribution in [3.8, 4) is 0 Å². The van der Waals surface area contributed by atoms with Gasteiger partial charge >= 0.3 is 6.03 Å².